The Balaban J connectivity index is 1.84. The molecule has 1 N–H and O–H groups in total. The van der Waals surface area contributed by atoms with Gasteiger partial charge in [-0.3, -0.25) is 19.7 Å². The minimum atomic E-state index is -0.589. The lowest BCUT2D eigenvalue weighted by atomic mass is 10.1. The number of rotatable bonds is 7. The number of nitrogens with one attached hydrogen (secondary N) is 1. The number of aryl methyl sites for hydroxylation is 2. The summed E-state index contributed by atoms with van der Waals surface area (Å²) in [5, 5.41) is 13.9. The molecular formula is C17H18N4O5S. The molecule has 1 amide bonds. The number of aromatic nitrogens is 2. The zero-order chi connectivity index (χ0) is 20.0. The molecule has 0 fully saturated rings. The fourth-order valence-corrected chi connectivity index (χ4v) is 2.96. The maximum Gasteiger partial charge on any atom is 0.316 e. The lowest BCUT2D eigenvalue weighted by Crippen LogP contribution is -2.22. The van der Waals surface area contributed by atoms with Gasteiger partial charge in [-0.2, -0.15) is 0 Å². The van der Waals surface area contributed by atoms with Crippen LogP contribution >= 0.6 is 11.8 Å². The van der Waals surface area contributed by atoms with Crippen LogP contribution in [0.1, 0.15) is 17.0 Å². The molecule has 0 unspecified atom stereocenters. The van der Waals surface area contributed by atoms with Gasteiger partial charge in [-0.1, -0.05) is 17.8 Å². The highest BCUT2D eigenvalue weighted by molar-refractivity contribution is 7.99. The third-order valence-electron chi connectivity index (χ3n) is 3.42. The van der Waals surface area contributed by atoms with E-state index in [1.807, 2.05) is 19.9 Å². The van der Waals surface area contributed by atoms with Crippen molar-refractivity contribution in [3.05, 3.63) is 51.3 Å². The van der Waals surface area contributed by atoms with E-state index in [0.717, 1.165) is 23.1 Å². The number of nitrogens with zero attached hydrogens (tertiary/aromatic N) is 3. The first-order chi connectivity index (χ1) is 12.8. The van der Waals surface area contributed by atoms with Crippen LogP contribution in [0, 0.1) is 30.9 Å². The molecule has 27 heavy (non-hydrogen) atoms. The monoisotopic (exact) mass is 390 g/mol. The van der Waals surface area contributed by atoms with Crippen LogP contribution in [0.4, 0.5) is 11.4 Å². The zero-order valence-electron chi connectivity index (χ0n) is 15.0. The number of nitro groups is 1. The van der Waals surface area contributed by atoms with Crippen molar-refractivity contribution in [2.24, 2.45) is 0 Å². The molecule has 1 aromatic heterocycles. The summed E-state index contributed by atoms with van der Waals surface area (Å²) in [6.45, 7) is 4.70. The van der Waals surface area contributed by atoms with Crippen LogP contribution in [0.15, 0.2) is 29.4 Å². The first-order valence-electron chi connectivity index (χ1n) is 7.91. The highest BCUT2D eigenvalue weighted by Crippen LogP contribution is 2.24. The van der Waals surface area contributed by atoms with Crippen molar-refractivity contribution in [2.45, 2.75) is 25.9 Å². The van der Waals surface area contributed by atoms with Gasteiger partial charge in [-0.25, -0.2) is 9.97 Å². The predicted octanol–water partition coefficient (Wildman–Crippen LogP) is 2.58. The molecule has 2 rings (SSSR count). The Kier molecular flexibility index (Phi) is 6.83. The fourth-order valence-electron chi connectivity index (χ4n) is 2.21. The molecule has 0 aliphatic carbocycles. The number of hydrogen-bond acceptors (Lipinski definition) is 8. The SMILES string of the molecule is Cc1cc(C)nc(SCC(=O)OCC(=O)Nc2cccc([N+](=O)[O-])c2C)n1. The molecule has 1 aromatic carbocycles. The molecule has 142 valence electrons. The second kappa shape index (κ2) is 9.08. The zero-order valence-corrected chi connectivity index (χ0v) is 15.8. The van der Waals surface area contributed by atoms with Gasteiger partial charge in [0.25, 0.3) is 11.6 Å². The second-order valence-corrected chi connectivity index (χ2v) is 6.58. The summed E-state index contributed by atoms with van der Waals surface area (Å²) in [5.74, 6) is -1.21. The van der Waals surface area contributed by atoms with Crippen molar-refractivity contribution in [3.8, 4) is 0 Å². The molecule has 0 saturated heterocycles. The number of esters is 1. The van der Waals surface area contributed by atoms with Crippen molar-refractivity contribution in [1.29, 1.82) is 0 Å². The summed E-state index contributed by atoms with van der Waals surface area (Å²) < 4.78 is 4.91. The lowest BCUT2D eigenvalue weighted by Gasteiger charge is -2.09. The molecule has 0 saturated carbocycles. The largest absolute Gasteiger partial charge is 0.455 e. The van der Waals surface area contributed by atoms with Crippen LogP contribution in [-0.4, -0.2) is 39.1 Å². The molecule has 1 heterocycles. The number of hydrogen-bond donors (Lipinski definition) is 1. The van der Waals surface area contributed by atoms with Gasteiger partial charge in [-0.15, -0.1) is 0 Å². The van der Waals surface area contributed by atoms with E-state index in [1.165, 1.54) is 25.1 Å². The van der Waals surface area contributed by atoms with E-state index >= 15 is 0 Å². The van der Waals surface area contributed by atoms with E-state index < -0.39 is 23.4 Å². The van der Waals surface area contributed by atoms with E-state index in [0.29, 0.717) is 16.4 Å². The van der Waals surface area contributed by atoms with Crippen LogP contribution in [0.25, 0.3) is 0 Å². The summed E-state index contributed by atoms with van der Waals surface area (Å²) in [6.07, 6.45) is 0. The third kappa shape index (κ3) is 6.03. The predicted molar refractivity (Wildman–Crippen MR) is 99.7 cm³/mol. The van der Waals surface area contributed by atoms with Crippen molar-refractivity contribution in [2.75, 3.05) is 17.7 Å². The summed E-state index contributed by atoms with van der Waals surface area (Å²) in [6, 6.07) is 6.17. The summed E-state index contributed by atoms with van der Waals surface area (Å²) in [4.78, 5) is 42.5. The Hall–Kier alpha value is -3.01. The number of nitro benzene ring substituents is 1. The molecule has 0 atom stereocenters. The molecule has 0 bridgehead atoms. The first-order valence-corrected chi connectivity index (χ1v) is 8.89. The Morgan fingerprint density at radius 2 is 1.89 bits per heavy atom. The summed E-state index contributed by atoms with van der Waals surface area (Å²) >= 11 is 1.12. The fraction of sp³-hybridized carbons (Fsp3) is 0.294. The van der Waals surface area contributed by atoms with Gasteiger partial charge in [0.05, 0.1) is 21.9 Å². The number of carbonyl (C=O) groups is 2. The Bertz CT molecular complexity index is 867. The highest BCUT2D eigenvalue weighted by atomic mass is 32.2. The second-order valence-electron chi connectivity index (χ2n) is 5.64. The van der Waals surface area contributed by atoms with Gasteiger partial charge >= 0.3 is 5.97 Å². The van der Waals surface area contributed by atoms with Gasteiger partial charge < -0.3 is 10.1 Å². The van der Waals surface area contributed by atoms with Gasteiger partial charge in [0, 0.05) is 17.5 Å². The molecular weight excluding hydrogens is 372 g/mol. The number of ether oxygens (including phenoxy) is 1. The molecule has 0 aliphatic rings. The van der Waals surface area contributed by atoms with Crippen molar-refractivity contribution in [1.82, 2.24) is 9.97 Å². The van der Waals surface area contributed by atoms with Crippen molar-refractivity contribution < 1.29 is 19.2 Å². The maximum absolute atomic E-state index is 11.9. The van der Waals surface area contributed by atoms with Crippen molar-refractivity contribution >= 4 is 35.0 Å². The molecule has 0 radical (unpaired) electrons. The summed E-state index contributed by atoms with van der Waals surface area (Å²) in [7, 11) is 0. The van der Waals surface area contributed by atoms with Gasteiger partial charge in [0.15, 0.2) is 11.8 Å². The van der Waals surface area contributed by atoms with Gasteiger partial charge in [0.1, 0.15) is 0 Å². The average molecular weight is 390 g/mol. The average Bonchev–Trinajstić information content (AvgIpc) is 2.59. The Morgan fingerprint density at radius 3 is 2.52 bits per heavy atom. The third-order valence-corrected chi connectivity index (χ3v) is 4.24. The highest BCUT2D eigenvalue weighted by Gasteiger charge is 2.16. The van der Waals surface area contributed by atoms with E-state index in [1.54, 1.807) is 0 Å². The summed E-state index contributed by atoms with van der Waals surface area (Å²) in [5.41, 5.74) is 2.11. The number of thioether (sulfide) groups is 1. The van der Waals surface area contributed by atoms with Crippen LogP contribution in [0.3, 0.4) is 0 Å². The normalized spacial score (nSPS) is 10.3. The standard InChI is InChI=1S/C17H18N4O5S/c1-10-7-11(2)19-17(18-10)27-9-16(23)26-8-15(22)20-13-5-4-6-14(12(13)3)21(24)25/h4-7H,8-9H2,1-3H3,(H,20,22). The van der Waals surface area contributed by atoms with Gasteiger partial charge in [0.2, 0.25) is 0 Å². The number of carbonyl (C=O) groups excluding carboxylic acids is 2. The van der Waals surface area contributed by atoms with E-state index in [9.17, 15) is 19.7 Å². The van der Waals surface area contributed by atoms with Crippen LogP contribution in [0.5, 0.6) is 0 Å². The first kappa shape index (κ1) is 20.3. The van der Waals surface area contributed by atoms with Crippen LogP contribution < -0.4 is 5.32 Å². The quantitative estimate of drug-likeness (QED) is 0.251. The lowest BCUT2D eigenvalue weighted by molar-refractivity contribution is -0.385. The minimum absolute atomic E-state index is 0.0357. The number of amides is 1. The number of benzene rings is 1. The molecule has 2 aromatic rings. The molecule has 0 spiro atoms. The van der Waals surface area contributed by atoms with Crippen molar-refractivity contribution in [3.63, 3.8) is 0 Å². The van der Waals surface area contributed by atoms with Gasteiger partial charge in [-0.05, 0) is 32.9 Å². The van der Waals surface area contributed by atoms with Crippen LogP contribution in [0.2, 0.25) is 0 Å². The van der Waals surface area contributed by atoms with E-state index in [-0.39, 0.29) is 11.4 Å². The Morgan fingerprint density at radius 1 is 1.22 bits per heavy atom. The minimum Gasteiger partial charge on any atom is -0.455 e. The topological polar surface area (TPSA) is 124 Å². The molecule has 10 heteroatoms. The number of anilines is 1. The van der Waals surface area contributed by atoms with E-state index in [4.69, 9.17) is 4.74 Å². The molecule has 0 aliphatic heterocycles. The van der Waals surface area contributed by atoms with E-state index in [2.05, 4.69) is 15.3 Å². The molecule has 9 nitrogen and oxygen atoms in total. The maximum atomic E-state index is 11.9. The Labute approximate surface area is 159 Å². The van der Waals surface area contributed by atoms with Crippen LogP contribution in [-0.2, 0) is 14.3 Å². The smallest absolute Gasteiger partial charge is 0.316 e.